The van der Waals surface area contributed by atoms with Crippen molar-refractivity contribution in [2.24, 2.45) is 0 Å². The Morgan fingerprint density at radius 2 is 1.19 bits per heavy atom. The highest BCUT2D eigenvalue weighted by Crippen LogP contribution is 2.31. The third-order valence-corrected chi connectivity index (χ3v) is 16.3. The predicted molar refractivity (Wildman–Crippen MR) is 252 cm³/mol. The van der Waals surface area contributed by atoms with Crippen molar-refractivity contribution in [3.8, 4) is 11.4 Å². The van der Waals surface area contributed by atoms with E-state index in [2.05, 4.69) is 30.2 Å². The van der Waals surface area contributed by atoms with E-state index >= 15 is 0 Å². The maximum atomic E-state index is 14.1. The van der Waals surface area contributed by atoms with Crippen LogP contribution in [0.3, 0.4) is 0 Å². The Balaban J connectivity index is 0.000000160. The molecule has 8 aromatic rings. The smallest absolute Gasteiger partial charge is 0.277 e. The Morgan fingerprint density at radius 3 is 1.69 bits per heavy atom. The molecule has 64 heavy (non-hydrogen) atoms. The molecule has 8 rings (SSSR count). The SMILES string of the molecule is CCS(=O)(=O)c1nc2ncn(-c3c(C)cccc3F)c(=O)c2s1.CCSc1nc(N)c(C(=O)Nc2c(C)cccc2F)s1.CCSc1nc2ncn(-c3c(C)cccc3F)c(=O)c2s1. The molecule has 0 radical (unpaired) electrons. The molecule has 0 saturated heterocycles. The van der Waals surface area contributed by atoms with Gasteiger partial charge in [-0.3, -0.25) is 23.5 Å². The molecule has 0 unspecified atom stereocenters. The monoisotopic (exact) mass is 985 g/mol. The van der Waals surface area contributed by atoms with Crippen LogP contribution in [0.1, 0.15) is 47.1 Å². The maximum Gasteiger partial charge on any atom is 0.277 e. The second-order valence-corrected chi connectivity index (χ2v) is 21.7. The fourth-order valence-corrected chi connectivity index (χ4v) is 11.9. The van der Waals surface area contributed by atoms with Crippen LogP contribution in [0, 0.1) is 38.2 Å². The first-order valence-corrected chi connectivity index (χ1v) is 25.1. The van der Waals surface area contributed by atoms with E-state index in [0.29, 0.717) is 31.9 Å². The summed E-state index contributed by atoms with van der Waals surface area (Å²) in [7, 11) is -3.53. The average molecular weight is 986 g/mol. The van der Waals surface area contributed by atoms with Crippen LogP contribution in [0.2, 0.25) is 0 Å². The van der Waals surface area contributed by atoms with Crippen LogP contribution < -0.4 is 22.2 Å². The van der Waals surface area contributed by atoms with Crippen LogP contribution in [0.4, 0.5) is 24.7 Å². The molecule has 23 heteroatoms. The van der Waals surface area contributed by atoms with Gasteiger partial charge in [0.15, 0.2) is 20.0 Å². The van der Waals surface area contributed by atoms with Gasteiger partial charge in [0.1, 0.15) is 50.2 Å². The lowest BCUT2D eigenvalue weighted by Gasteiger charge is -2.09. The lowest BCUT2D eigenvalue weighted by molar-refractivity contribution is 0.103. The summed E-state index contributed by atoms with van der Waals surface area (Å²) in [5.41, 5.74) is 7.81. The molecule has 0 saturated carbocycles. The zero-order valence-electron chi connectivity index (χ0n) is 34.8. The molecule has 0 fully saturated rings. The molecule has 0 atom stereocenters. The summed E-state index contributed by atoms with van der Waals surface area (Å²) < 4.78 is 69.9. The Labute approximate surface area is 384 Å². The quantitative estimate of drug-likeness (QED) is 0.123. The molecule has 0 aliphatic heterocycles. The number of sulfone groups is 1. The van der Waals surface area contributed by atoms with Gasteiger partial charge in [-0.15, -0.1) is 22.7 Å². The van der Waals surface area contributed by atoms with Crippen LogP contribution >= 0.6 is 57.5 Å². The molecule has 0 aliphatic carbocycles. The summed E-state index contributed by atoms with van der Waals surface area (Å²) >= 11 is 6.35. The van der Waals surface area contributed by atoms with Crippen molar-refractivity contribution in [2.75, 3.05) is 28.3 Å². The summed E-state index contributed by atoms with van der Waals surface area (Å²) in [6, 6.07) is 13.8. The van der Waals surface area contributed by atoms with Crippen LogP contribution in [0.25, 0.3) is 32.1 Å². The number of hydrogen-bond acceptors (Lipinski definition) is 16. The van der Waals surface area contributed by atoms with Crippen LogP contribution in [0.15, 0.2) is 89.9 Å². The predicted octanol–water partition coefficient (Wildman–Crippen LogP) is 9.02. The molecular weight excluding hydrogens is 948 g/mol. The van der Waals surface area contributed by atoms with E-state index in [-0.39, 0.29) is 48.9 Å². The van der Waals surface area contributed by atoms with E-state index in [1.807, 2.05) is 13.8 Å². The summed E-state index contributed by atoms with van der Waals surface area (Å²) in [5, 5.41) is 2.56. The highest BCUT2D eigenvalue weighted by atomic mass is 32.2. The number of thioether (sulfide) groups is 2. The van der Waals surface area contributed by atoms with Gasteiger partial charge in [0.25, 0.3) is 17.0 Å². The molecule has 0 aliphatic rings. The van der Waals surface area contributed by atoms with Crippen molar-refractivity contribution in [1.29, 1.82) is 0 Å². The zero-order valence-corrected chi connectivity index (χ0v) is 39.7. The van der Waals surface area contributed by atoms with Gasteiger partial charge in [-0.1, -0.05) is 92.0 Å². The highest BCUT2D eigenvalue weighted by Gasteiger charge is 2.22. The number of amides is 1. The molecule has 3 aromatic carbocycles. The summed E-state index contributed by atoms with van der Waals surface area (Å²) in [6.45, 7) is 10.7. The standard InChI is InChI=1S/C14H12FN3O3S2.C14H12FN3OS2.C13H14FN3OS2/c1-3-23(20,21)14-17-12-11(22-14)13(19)18(7-16-12)10-8(2)5-4-6-9(10)15;1-3-20-14-17-12-11(21-14)13(19)18(7-16-12)10-8(2)5-4-6-9(10)15;1-3-19-13-17-11(15)10(20-13)12(18)16-9-7(2)5-4-6-8(9)14/h4-7H,3H2,1-2H3;4-7H,3H2,1-2H3;4-6H,3,15H2,1-2H3,(H,16,18). The largest absolute Gasteiger partial charge is 0.382 e. The van der Waals surface area contributed by atoms with Gasteiger partial charge in [0.05, 0.1) is 22.8 Å². The second-order valence-electron chi connectivity index (χ2n) is 13.3. The number of nitrogen functional groups attached to an aromatic ring is 1. The summed E-state index contributed by atoms with van der Waals surface area (Å²) in [4.78, 5) is 58.1. The normalized spacial score (nSPS) is 11.3. The van der Waals surface area contributed by atoms with Crippen molar-refractivity contribution < 1.29 is 26.4 Å². The topological polar surface area (TPSA) is 198 Å². The zero-order chi connectivity index (χ0) is 46.5. The number of benzene rings is 3. The number of aryl methyl sites for hydroxylation is 3. The van der Waals surface area contributed by atoms with Crippen molar-refractivity contribution in [2.45, 2.75) is 54.6 Å². The van der Waals surface area contributed by atoms with Gasteiger partial charge in [-0.05, 0) is 67.2 Å². The molecular formula is C41H38F3N9O5S6. The molecule has 3 N–H and O–H groups in total. The van der Waals surface area contributed by atoms with Gasteiger partial charge in [0, 0.05) is 0 Å². The number of carbonyl (C=O) groups is 1. The first-order chi connectivity index (χ1) is 30.5. The van der Waals surface area contributed by atoms with E-state index in [1.165, 1.54) is 70.5 Å². The first kappa shape index (κ1) is 48.0. The molecule has 0 spiro atoms. The molecule has 5 aromatic heterocycles. The number of para-hydroxylation sites is 3. The number of nitrogens with two attached hydrogens (primary N) is 1. The number of thiazole rings is 3. The van der Waals surface area contributed by atoms with Gasteiger partial charge in [0.2, 0.25) is 14.2 Å². The number of carbonyl (C=O) groups excluding carboxylic acids is 1. The van der Waals surface area contributed by atoms with E-state index in [4.69, 9.17) is 5.73 Å². The molecule has 5 heterocycles. The van der Waals surface area contributed by atoms with Crippen molar-refractivity contribution in [3.05, 3.63) is 127 Å². The minimum absolute atomic E-state index is 0.0530. The van der Waals surface area contributed by atoms with Crippen LogP contribution in [-0.4, -0.2) is 65.6 Å². The van der Waals surface area contributed by atoms with Crippen molar-refractivity contribution in [3.63, 3.8) is 0 Å². The fourth-order valence-electron chi connectivity index (χ4n) is 5.82. The number of halogens is 3. The number of fused-ring (bicyclic) bond motifs is 2. The number of nitrogens with one attached hydrogen (secondary N) is 1. The summed E-state index contributed by atoms with van der Waals surface area (Å²) in [5.74, 6) is -0.114. The second kappa shape index (κ2) is 20.6. The number of anilines is 2. The third-order valence-electron chi connectivity index (χ3n) is 8.94. The Hall–Kier alpha value is -5.46. The lowest BCUT2D eigenvalue weighted by atomic mass is 10.2. The molecule has 1 amide bonds. The number of aromatic nitrogens is 7. The minimum atomic E-state index is -3.53. The van der Waals surface area contributed by atoms with Gasteiger partial charge in [-0.2, -0.15) is 0 Å². The van der Waals surface area contributed by atoms with E-state index in [1.54, 1.807) is 68.9 Å². The van der Waals surface area contributed by atoms with Crippen LogP contribution in [-0.2, 0) is 9.84 Å². The van der Waals surface area contributed by atoms with E-state index < -0.39 is 38.8 Å². The number of rotatable bonds is 10. The summed E-state index contributed by atoms with van der Waals surface area (Å²) in [6.07, 6.45) is 2.51. The molecule has 14 nitrogen and oxygen atoms in total. The van der Waals surface area contributed by atoms with Crippen LogP contribution in [0.5, 0.6) is 0 Å². The van der Waals surface area contributed by atoms with E-state index in [0.717, 1.165) is 42.4 Å². The molecule has 334 valence electrons. The number of hydrogen-bond donors (Lipinski definition) is 2. The number of nitrogens with zero attached hydrogens (tertiary/aromatic N) is 7. The van der Waals surface area contributed by atoms with Gasteiger partial charge < -0.3 is 11.1 Å². The minimum Gasteiger partial charge on any atom is -0.382 e. The fraction of sp³-hybridized carbons (Fsp3) is 0.220. The lowest BCUT2D eigenvalue weighted by Crippen LogP contribution is -2.19. The molecule has 0 bridgehead atoms. The Bertz CT molecular complexity index is 3200. The highest BCUT2D eigenvalue weighted by molar-refractivity contribution is 8.01. The average Bonchev–Trinajstić information content (AvgIpc) is 3.99. The Kier molecular flexibility index (Phi) is 15.4. The van der Waals surface area contributed by atoms with E-state index in [9.17, 15) is 36.0 Å². The third kappa shape index (κ3) is 10.4. The van der Waals surface area contributed by atoms with Crippen molar-refractivity contribution in [1.82, 2.24) is 34.1 Å². The Morgan fingerprint density at radius 1 is 0.703 bits per heavy atom. The van der Waals surface area contributed by atoms with Gasteiger partial charge in [-0.25, -0.2) is 46.5 Å². The van der Waals surface area contributed by atoms with Crippen molar-refractivity contribution >= 4 is 105 Å². The first-order valence-electron chi connectivity index (χ1n) is 19.1. The maximum absolute atomic E-state index is 14.1. The van der Waals surface area contributed by atoms with Gasteiger partial charge >= 0.3 is 0 Å².